The normalized spacial score (nSPS) is 19.6. The maximum atomic E-state index is 11.8. The molecule has 0 bridgehead atoms. The lowest BCUT2D eigenvalue weighted by molar-refractivity contribution is -0.116. The topological polar surface area (TPSA) is 78.6 Å². The highest BCUT2D eigenvalue weighted by molar-refractivity contribution is 6.31. The van der Waals surface area contributed by atoms with Gasteiger partial charge in [0.1, 0.15) is 0 Å². The summed E-state index contributed by atoms with van der Waals surface area (Å²) >= 11 is 5.85. The Kier molecular flexibility index (Phi) is 4.63. The van der Waals surface area contributed by atoms with Crippen LogP contribution in [0.1, 0.15) is 12.8 Å². The molecule has 1 aromatic carbocycles. The van der Waals surface area contributed by atoms with E-state index in [0.29, 0.717) is 35.9 Å². The zero-order valence-electron chi connectivity index (χ0n) is 10.6. The van der Waals surface area contributed by atoms with Gasteiger partial charge < -0.3 is 21.1 Å². The van der Waals surface area contributed by atoms with Gasteiger partial charge in [-0.2, -0.15) is 0 Å². The van der Waals surface area contributed by atoms with Crippen molar-refractivity contribution >= 4 is 28.9 Å². The number of nitrogens with two attached hydrogens (primary N) is 1. The molecular weight excluding hydrogens is 266 g/mol. The summed E-state index contributed by atoms with van der Waals surface area (Å²) in [5, 5.41) is 12.7. The Balaban J connectivity index is 1.82. The van der Waals surface area contributed by atoms with Crippen LogP contribution in [0.2, 0.25) is 5.02 Å². The molecule has 1 aromatic rings. The van der Waals surface area contributed by atoms with Crippen molar-refractivity contribution in [1.29, 1.82) is 0 Å². The predicted octanol–water partition coefficient (Wildman–Crippen LogP) is 1.32. The first-order valence-corrected chi connectivity index (χ1v) is 6.67. The number of nitrogens with one attached hydrogen (secondary N) is 1. The number of likely N-dealkylation sites (tertiary alicyclic amines) is 1. The Labute approximate surface area is 117 Å². The number of hydrogen-bond donors (Lipinski definition) is 3. The number of anilines is 2. The fourth-order valence-corrected chi connectivity index (χ4v) is 2.30. The van der Waals surface area contributed by atoms with Gasteiger partial charge in [0, 0.05) is 31.1 Å². The Hall–Kier alpha value is -1.30. The maximum absolute atomic E-state index is 11.8. The number of benzene rings is 1. The number of rotatable bonds is 4. The second-order valence-corrected chi connectivity index (χ2v) is 5.21. The van der Waals surface area contributed by atoms with Crippen molar-refractivity contribution in [2.24, 2.45) is 0 Å². The molecule has 1 saturated heterocycles. The van der Waals surface area contributed by atoms with Crippen LogP contribution in [-0.4, -0.2) is 41.7 Å². The van der Waals surface area contributed by atoms with E-state index in [2.05, 4.69) is 10.2 Å². The summed E-state index contributed by atoms with van der Waals surface area (Å²) in [6, 6.07) is 4.97. The average molecular weight is 284 g/mol. The van der Waals surface area contributed by atoms with Crippen LogP contribution in [0.15, 0.2) is 18.2 Å². The first-order chi connectivity index (χ1) is 9.04. The van der Waals surface area contributed by atoms with Crippen LogP contribution in [0, 0.1) is 0 Å². The number of nitrogen functional groups attached to an aromatic ring is 1. The number of carbonyl (C=O) groups excluding carboxylic acids is 1. The summed E-state index contributed by atoms with van der Waals surface area (Å²) < 4.78 is 0. The zero-order valence-corrected chi connectivity index (χ0v) is 11.4. The number of halogens is 1. The quantitative estimate of drug-likeness (QED) is 0.728. The average Bonchev–Trinajstić information content (AvgIpc) is 2.77. The summed E-state index contributed by atoms with van der Waals surface area (Å²) in [7, 11) is 0. The molecule has 19 heavy (non-hydrogen) atoms. The lowest BCUT2D eigenvalue weighted by Crippen LogP contribution is -2.26. The van der Waals surface area contributed by atoms with Crippen molar-refractivity contribution < 1.29 is 9.90 Å². The first-order valence-electron chi connectivity index (χ1n) is 6.30. The van der Waals surface area contributed by atoms with E-state index < -0.39 is 0 Å². The molecule has 104 valence electrons. The van der Waals surface area contributed by atoms with Gasteiger partial charge in [0.15, 0.2) is 0 Å². The van der Waals surface area contributed by atoms with Crippen molar-refractivity contribution in [1.82, 2.24) is 4.90 Å². The molecule has 2 rings (SSSR count). The van der Waals surface area contributed by atoms with E-state index in [9.17, 15) is 9.90 Å². The molecule has 1 aliphatic heterocycles. The van der Waals surface area contributed by atoms with Crippen molar-refractivity contribution in [3.8, 4) is 0 Å². The molecule has 0 saturated carbocycles. The van der Waals surface area contributed by atoms with E-state index in [1.807, 2.05) is 0 Å². The van der Waals surface area contributed by atoms with E-state index in [1.165, 1.54) is 0 Å². The smallest absolute Gasteiger partial charge is 0.225 e. The Morgan fingerprint density at radius 2 is 2.37 bits per heavy atom. The van der Waals surface area contributed by atoms with Crippen LogP contribution in [0.5, 0.6) is 0 Å². The molecule has 1 aliphatic rings. The van der Waals surface area contributed by atoms with Gasteiger partial charge in [-0.3, -0.25) is 4.79 Å². The van der Waals surface area contributed by atoms with E-state index in [1.54, 1.807) is 18.2 Å². The van der Waals surface area contributed by atoms with E-state index in [0.717, 1.165) is 13.0 Å². The third-order valence-electron chi connectivity index (χ3n) is 3.19. The fourth-order valence-electron chi connectivity index (χ4n) is 2.12. The second kappa shape index (κ2) is 6.23. The minimum absolute atomic E-state index is 0.102. The Bertz CT molecular complexity index is 467. The third kappa shape index (κ3) is 4.09. The van der Waals surface area contributed by atoms with Crippen LogP contribution in [0.3, 0.4) is 0 Å². The Morgan fingerprint density at radius 3 is 3.05 bits per heavy atom. The standard InChI is InChI=1S/C13H18ClN3O2/c14-9-1-2-11(15)12(7-9)16-13(19)4-6-17-5-3-10(18)8-17/h1-2,7,10,18H,3-6,8,15H2,(H,16,19). The van der Waals surface area contributed by atoms with Gasteiger partial charge in [-0.1, -0.05) is 11.6 Å². The molecular formula is C13H18ClN3O2. The number of hydrogen-bond acceptors (Lipinski definition) is 4. The highest BCUT2D eigenvalue weighted by Crippen LogP contribution is 2.23. The molecule has 0 aromatic heterocycles. The van der Waals surface area contributed by atoms with Crippen LogP contribution in [0.25, 0.3) is 0 Å². The number of aliphatic hydroxyl groups is 1. The third-order valence-corrected chi connectivity index (χ3v) is 3.43. The van der Waals surface area contributed by atoms with Gasteiger partial charge in [-0.25, -0.2) is 0 Å². The zero-order chi connectivity index (χ0) is 13.8. The summed E-state index contributed by atoms with van der Waals surface area (Å²) in [5.74, 6) is -0.102. The molecule has 0 spiro atoms. The van der Waals surface area contributed by atoms with Gasteiger partial charge in [-0.15, -0.1) is 0 Å². The number of nitrogens with zero attached hydrogens (tertiary/aromatic N) is 1. The molecule has 1 unspecified atom stereocenters. The highest BCUT2D eigenvalue weighted by atomic mass is 35.5. The summed E-state index contributed by atoms with van der Waals surface area (Å²) in [5.41, 5.74) is 6.79. The minimum atomic E-state index is -0.258. The lowest BCUT2D eigenvalue weighted by Gasteiger charge is -2.14. The highest BCUT2D eigenvalue weighted by Gasteiger charge is 2.20. The molecule has 6 heteroatoms. The maximum Gasteiger partial charge on any atom is 0.225 e. The minimum Gasteiger partial charge on any atom is -0.397 e. The van der Waals surface area contributed by atoms with Gasteiger partial charge in [0.25, 0.3) is 0 Å². The molecule has 4 N–H and O–H groups in total. The molecule has 0 radical (unpaired) electrons. The van der Waals surface area contributed by atoms with Crippen LogP contribution < -0.4 is 11.1 Å². The number of amides is 1. The second-order valence-electron chi connectivity index (χ2n) is 4.77. The van der Waals surface area contributed by atoms with Crippen molar-refractivity contribution in [2.75, 3.05) is 30.7 Å². The van der Waals surface area contributed by atoms with Crippen LogP contribution >= 0.6 is 11.6 Å². The van der Waals surface area contributed by atoms with Crippen LogP contribution in [-0.2, 0) is 4.79 Å². The number of β-amino-alcohol motifs (C(OH)–C–C–N with tert-alkyl or cyclic N) is 1. The summed E-state index contributed by atoms with van der Waals surface area (Å²) in [6.07, 6.45) is 0.897. The largest absolute Gasteiger partial charge is 0.397 e. The van der Waals surface area contributed by atoms with Crippen molar-refractivity contribution in [3.05, 3.63) is 23.2 Å². The Morgan fingerprint density at radius 1 is 1.58 bits per heavy atom. The van der Waals surface area contributed by atoms with Gasteiger partial charge in [-0.05, 0) is 24.6 Å². The van der Waals surface area contributed by atoms with Crippen molar-refractivity contribution in [3.63, 3.8) is 0 Å². The van der Waals surface area contributed by atoms with Crippen molar-refractivity contribution in [2.45, 2.75) is 18.9 Å². The fraction of sp³-hybridized carbons (Fsp3) is 0.462. The van der Waals surface area contributed by atoms with Gasteiger partial charge in [0.05, 0.1) is 17.5 Å². The summed E-state index contributed by atoms with van der Waals surface area (Å²) in [6.45, 7) is 2.13. The molecule has 1 heterocycles. The molecule has 5 nitrogen and oxygen atoms in total. The van der Waals surface area contributed by atoms with Gasteiger partial charge in [0.2, 0.25) is 5.91 Å². The summed E-state index contributed by atoms with van der Waals surface area (Å²) in [4.78, 5) is 13.9. The first kappa shape index (κ1) is 14.1. The molecule has 1 atom stereocenters. The number of aliphatic hydroxyl groups excluding tert-OH is 1. The molecule has 1 fully saturated rings. The lowest BCUT2D eigenvalue weighted by atomic mass is 10.2. The predicted molar refractivity (Wildman–Crippen MR) is 76.2 cm³/mol. The van der Waals surface area contributed by atoms with E-state index >= 15 is 0 Å². The van der Waals surface area contributed by atoms with E-state index in [-0.39, 0.29) is 12.0 Å². The number of carbonyl (C=O) groups is 1. The SMILES string of the molecule is Nc1ccc(Cl)cc1NC(=O)CCN1CCC(O)C1. The van der Waals surface area contributed by atoms with Crippen LogP contribution in [0.4, 0.5) is 11.4 Å². The molecule has 0 aliphatic carbocycles. The van der Waals surface area contributed by atoms with E-state index in [4.69, 9.17) is 17.3 Å². The monoisotopic (exact) mass is 283 g/mol. The molecule has 1 amide bonds. The van der Waals surface area contributed by atoms with Gasteiger partial charge >= 0.3 is 0 Å².